The Bertz CT molecular complexity index is 1270. The lowest BCUT2D eigenvalue weighted by Crippen LogP contribution is -2.34. The van der Waals surface area contributed by atoms with E-state index in [1.165, 1.54) is 4.68 Å². The van der Waals surface area contributed by atoms with E-state index in [0.717, 1.165) is 16.8 Å². The number of para-hydroxylation sites is 1. The maximum absolute atomic E-state index is 13.7. The fourth-order valence-electron chi connectivity index (χ4n) is 3.77. The Balaban J connectivity index is 1.94. The summed E-state index contributed by atoms with van der Waals surface area (Å²) in [6.45, 7) is 6.45. The van der Waals surface area contributed by atoms with Crippen LogP contribution in [0, 0.1) is 13.8 Å². The van der Waals surface area contributed by atoms with Crippen molar-refractivity contribution in [2.24, 2.45) is 0 Å². The molecule has 0 aliphatic rings. The summed E-state index contributed by atoms with van der Waals surface area (Å²) < 4.78 is 1.31. The Labute approximate surface area is 175 Å². The van der Waals surface area contributed by atoms with Gasteiger partial charge in [0.25, 0.3) is 11.5 Å². The first-order valence-corrected chi connectivity index (χ1v) is 9.97. The van der Waals surface area contributed by atoms with Crippen molar-refractivity contribution < 1.29 is 4.79 Å². The molecule has 0 saturated heterocycles. The monoisotopic (exact) mass is 397 g/mol. The van der Waals surface area contributed by atoms with E-state index in [1.54, 1.807) is 35.2 Å². The number of anilines is 1. The highest BCUT2D eigenvalue weighted by Crippen LogP contribution is 2.23. The van der Waals surface area contributed by atoms with E-state index >= 15 is 0 Å². The quantitative estimate of drug-likeness (QED) is 0.503. The number of nitrogens with zero attached hydrogens (tertiary/aromatic N) is 3. The first-order valence-electron chi connectivity index (χ1n) is 9.97. The van der Waals surface area contributed by atoms with Crippen molar-refractivity contribution in [1.82, 2.24) is 9.78 Å². The molecule has 150 valence electrons. The average Bonchev–Trinajstić information content (AvgIpc) is 2.74. The lowest BCUT2D eigenvalue weighted by molar-refractivity contribution is 0.0983. The van der Waals surface area contributed by atoms with Gasteiger partial charge in [0.15, 0.2) is 5.69 Å². The fourth-order valence-corrected chi connectivity index (χ4v) is 3.77. The van der Waals surface area contributed by atoms with Crippen LogP contribution in [0.1, 0.15) is 28.5 Å². The molecule has 0 aliphatic carbocycles. The van der Waals surface area contributed by atoms with Gasteiger partial charge in [-0.05, 0) is 62.2 Å². The van der Waals surface area contributed by atoms with Gasteiger partial charge in [0.05, 0.1) is 11.1 Å². The summed E-state index contributed by atoms with van der Waals surface area (Å²) in [4.78, 5) is 28.4. The molecule has 1 heterocycles. The molecule has 4 aromatic rings. The van der Waals surface area contributed by atoms with Gasteiger partial charge in [-0.2, -0.15) is 9.78 Å². The molecule has 0 atom stereocenters. The molecular formula is C25H23N3O2. The van der Waals surface area contributed by atoms with E-state index in [4.69, 9.17) is 0 Å². The molecule has 0 spiro atoms. The minimum Gasteiger partial charge on any atom is -0.307 e. The first kappa shape index (κ1) is 19.6. The highest BCUT2D eigenvalue weighted by Gasteiger charge is 2.23. The predicted molar refractivity (Wildman–Crippen MR) is 121 cm³/mol. The predicted octanol–water partition coefficient (Wildman–Crippen LogP) is 4.67. The smallest absolute Gasteiger partial charge is 0.279 e. The summed E-state index contributed by atoms with van der Waals surface area (Å²) in [6, 6.07) is 22.4. The molecule has 0 aliphatic heterocycles. The van der Waals surface area contributed by atoms with Crippen LogP contribution >= 0.6 is 0 Å². The molecule has 4 rings (SSSR count). The highest BCUT2D eigenvalue weighted by atomic mass is 16.2. The van der Waals surface area contributed by atoms with Crippen LogP contribution in [0.2, 0.25) is 0 Å². The number of rotatable bonds is 4. The van der Waals surface area contributed by atoms with Gasteiger partial charge >= 0.3 is 0 Å². The third-order valence-electron chi connectivity index (χ3n) is 5.09. The maximum Gasteiger partial charge on any atom is 0.279 e. The summed E-state index contributed by atoms with van der Waals surface area (Å²) in [5.41, 5.74) is 3.63. The Morgan fingerprint density at radius 1 is 0.900 bits per heavy atom. The van der Waals surface area contributed by atoms with Crippen molar-refractivity contribution in [2.75, 3.05) is 11.4 Å². The SMILES string of the molecule is CCN(C(=O)c1nn(-c2ccccc2)c(=O)c2ccccc12)c1cc(C)cc(C)c1. The third-order valence-corrected chi connectivity index (χ3v) is 5.09. The number of benzene rings is 3. The van der Waals surface area contributed by atoms with Crippen molar-refractivity contribution in [3.63, 3.8) is 0 Å². The molecule has 0 N–H and O–H groups in total. The highest BCUT2D eigenvalue weighted by molar-refractivity contribution is 6.12. The second-order valence-corrected chi connectivity index (χ2v) is 7.34. The van der Waals surface area contributed by atoms with Crippen LogP contribution in [-0.4, -0.2) is 22.2 Å². The molecule has 0 fully saturated rings. The summed E-state index contributed by atoms with van der Waals surface area (Å²) >= 11 is 0. The number of aryl methyl sites for hydroxylation is 2. The van der Waals surface area contributed by atoms with Crippen LogP contribution in [0.25, 0.3) is 16.5 Å². The van der Waals surface area contributed by atoms with Crippen LogP contribution in [0.4, 0.5) is 5.69 Å². The molecule has 0 bridgehead atoms. The van der Waals surface area contributed by atoms with Crippen LogP contribution in [0.15, 0.2) is 77.6 Å². The van der Waals surface area contributed by atoms with Crippen LogP contribution < -0.4 is 10.5 Å². The Morgan fingerprint density at radius 2 is 1.50 bits per heavy atom. The molecule has 5 nitrogen and oxygen atoms in total. The number of amides is 1. The van der Waals surface area contributed by atoms with Gasteiger partial charge in [0.1, 0.15) is 0 Å². The van der Waals surface area contributed by atoms with E-state index in [-0.39, 0.29) is 17.2 Å². The van der Waals surface area contributed by atoms with Gasteiger partial charge in [-0.25, -0.2) is 0 Å². The topological polar surface area (TPSA) is 55.2 Å². The zero-order valence-corrected chi connectivity index (χ0v) is 17.3. The van der Waals surface area contributed by atoms with Crippen molar-refractivity contribution in [2.45, 2.75) is 20.8 Å². The number of hydrogen-bond acceptors (Lipinski definition) is 3. The van der Waals surface area contributed by atoms with Gasteiger partial charge in [0.2, 0.25) is 0 Å². The largest absolute Gasteiger partial charge is 0.307 e. The molecule has 1 amide bonds. The van der Waals surface area contributed by atoms with Crippen LogP contribution in [-0.2, 0) is 0 Å². The Morgan fingerprint density at radius 3 is 2.13 bits per heavy atom. The second kappa shape index (κ2) is 7.95. The number of carbonyl (C=O) groups excluding carboxylic acids is 1. The number of fused-ring (bicyclic) bond motifs is 1. The molecule has 30 heavy (non-hydrogen) atoms. The zero-order chi connectivity index (χ0) is 21.3. The first-order chi connectivity index (χ1) is 14.5. The van der Waals surface area contributed by atoms with Gasteiger partial charge in [-0.15, -0.1) is 0 Å². The minimum absolute atomic E-state index is 0.233. The molecular weight excluding hydrogens is 374 g/mol. The maximum atomic E-state index is 13.7. The van der Waals surface area contributed by atoms with Gasteiger partial charge < -0.3 is 4.90 Å². The van der Waals surface area contributed by atoms with E-state index in [2.05, 4.69) is 11.2 Å². The second-order valence-electron chi connectivity index (χ2n) is 7.34. The van der Waals surface area contributed by atoms with Gasteiger partial charge in [-0.1, -0.05) is 42.5 Å². The molecule has 3 aromatic carbocycles. The molecule has 0 radical (unpaired) electrons. The number of carbonyl (C=O) groups is 1. The lowest BCUT2D eigenvalue weighted by Gasteiger charge is -2.22. The van der Waals surface area contributed by atoms with Gasteiger partial charge in [-0.3, -0.25) is 9.59 Å². The molecule has 5 heteroatoms. The number of aromatic nitrogens is 2. The molecule has 0 saturated carbocycles. The van der Waals surface area contributed by atoms with Crippen LogP contribution in [0.5, 0.6) is 0 Å². The summed E-state index contributed by atoms with van der Waals surface area (Å²) in [6.07, 6.45) is 0. The molecule has 1 aromatic heterocycles. The standard InChI is InChI=1S/C25H23N3O2/c1-4-27(20-15-17(2)14-18(3)16-20)25(30)23-21-12-8-9-13-22(21)24(29)28(26-23)19-10-6-5-7-11-19/h5-16H,4H2,1-3H3. The Hall–Kier alpha value is -3.73. The lowest BCUT2D eigenvalue weighted by atomic mass is 10.1. The van der Waals surface area contributed by atoms with E-state index in [0.29, 0.717) is 23.0 Å². The summed E-state index contributed by atoms with van der Waals surface area (Å²) in [5.74, 6) is -0.233. The van der Waals surface area contributed by atoms with Crippen molar-refractivity contribution in [3.8, 4) is 5.69 Å². The van der Waals surface area contributed by atoms with Crippen molar-refractivity contribution in [1.29, 1.82) is 0 Å². The zero-order valence-electron chi connectivity index (χ0n) is 17.3. The van der Waals surface area contributed by atoms with Crippen LogP contribution in [0.3, 0.4) is 0 Å². The van der Waals surface area contributed by atoms with Gasteiger partial charge in [0, 0.05) is 17.6 Å². The van der Waals surface area contributed by atoms with E-state index in [1.807, 2.05) is 57.2 Å². The number of hydrogen-bond donors (Lipinski definition) is 0. The average molecular weight is 397 g/mol. The third kappa shape index (κ3) is 3.50. The Kier molecular flexibility index (Phi) is 5.19. The summed E-state index contributed by atoms with van der Waals surface area (Å²) in [7, 11) is 0. The van der Waals surface area contributed by atoms with Crippen molar-refractivity contribution in [3.05, 3.63) is 100.0 Å². The summed E-state index contributed by atoms with van der Waals surface area (Å²) in [5, 5.41) is 5.55. The van der Waals surface area contributed by atoms with E-state index < -0.39 is 0 Å². The normalized spacial score (nSPS) is 10.9. The fraction of sp³-hybridized carbons (Fsp3) is 0.160. The molecule has 0 unspecified atom stereocenters. The van der Waals surface area contributed by atoms with Crippen molar-refractivity contribution >= 4 is 22.4 Å². The van der Waals surface area contributed by atoms with E-state index in [9.17, 15) is 9.59 Å². The minimum atomic E-state index is -0.247.